The van der Waals surface area contributed by atoms with Gasteiger partial charge in [0, 0.05) is 38.1 Å². The molecule has 1 aliphatic heterocycles. The molecule has 1 saturated heterocycles. The second-order valence-electron chi connectivity index (χ2n) is 6.04. The van der Waals surface area contributed by atoms with Gasteiger partial charge in [-0.2, -0.15) is 0 Å². The molecule has 26 heavy (non-hydrogen) atoms. The lowest BCUT2D eigenvalue weighted by molar-refractivity contribution is -0.123. The summed E-state index contributed by atoms with van der Waals surface area (Å²) in [5.41, 5.74) is 6.79. The Morgan fingerprint density at radius 1 is 1.19 bits per heavy atom. The topological polar surface area (TPSA) is 84.1 Å². The molecule has 1 fully saturated rings. The average molecular weight is 398 g/mol. The van der Waals surface area contributed by atoms with Crippen LogP contribution in [0.2, 0.25) is 0 Å². The van der Waals surface area contributed by atoms with Crippen LogP contribution in [0.4, 0.5) is 5.95 Å². The van der Waals surface area contributed by atoms with E-state index >= 15 is 0 Å². The molecule has 8 heteroatoms. The van der Waals surface area contributed by atoms with Crippen LogP contribution in [-0.2, 0) is 4.79 Å². The van der Waals surface area contributed by atoms with Crippen LogP contribution in [0, 0.1) is 0 Å². The Morgan fingerprint density at radius 2 is 1.88 bits per heavy atom. The number of halogens is 2. The Morgan fingerprint density at radius 3 is 2.54 bits per heavy atom. The molecule has 1 amide bonds. The van der Waals surface area contributed by atoms with Gasteiger partial charge in [-0.1, -0.05) is 30.3 Å². The number of piperidine rings is 1. The summed E-state index contributed by atoms with van der Waals surface area (Å²) in [6, 6.07) is 11.6. The van der Waals surface area contributed by atoms with Gasteiger partial charge in [0.25, 0.3) is 0 Å². The van der Waals surface area contributed by atoms with Gasteiger partial charge in [0.2, 0.25) is 11.9 Å². The molecule has 2 heterocycles. The van der Waals surface area contributed by atoms with E-state index in [1.54, 1.807) is 18.5 Å². The molecule has 1 aliphatic rings. The predicted molar refractivity (Wildman–Crippen MR) is 108 cm³/mol. The summed E-state index contributed by atoms with van der Waals surface area (Å²) in [5.74, 6) is 0.397. The maximum atomic E-state index is 12.6. The van der Waals surface area contributed by atoms with E-state index in [4.69, 9.17) is 5.73 Å². The lowest BCUT2D eigenvalue weighted by atomic mass is 9.97. The quantitative estimate of drug-likeness (QED) is 0.807. The third-order valence-corrected chi connectivity index (χ3v) is 4.36. The Labute approximate surface area is 166 Å². The van der Waals surface area contributed by atoms with E-state index in [0.717, 1.165) is 37.4 Å². The second kappa shape index (κ2) is 11.0. The lowest BCUT2D eigenvalue weighted by Crippen LogP contribution is -2.50. The summed E-state index contributed by atoms with van der Waals surface area (Å²) in [4.78, 5) is 23.4. The summed E-state index contributed by atoms with van der Waals surface area (Å²) in [6.07, 6.45) is 5.44. The van der Waals surface area contributed by atoms with E-state index in [0.29, 0.717) is 6.54 Å². The van der Waals surface area contributed by atoms with Crippen LogP contribution in [0.5, 0.6) is 0 Å². The Balaban J connectivity index is 0.00000169. The number of hydrogen-bond acceptors (Lipinski definition) is 5. The number of benzene rings is 1. The summed E-state index contributed by atoms with van der Waals surface area (Å²) in [7, 11) is 0. The van der Waals surface area contributed by atoms with Gasteiger partial charge in [-0.25, -0.2) is 9.97 Å². The zero-order valence-electron chi connectivity index (χ0n) is 14.5. The molecule has 3 rings (SSSR count). The molecule has 142 valence electrons. The van der Waals surface area contributed by atoms with Crippen molar-refractivity contribution in [3.63, 3.8) is 0 Å². The minimum Gasteiger partial charge on any atom is -0.351 e. The number of rotatable bonds is 5. The highest BCUT2D eigenvalue weighted by atomic mass is 35.5. The number of nitrogens with one attached hydrogen (secondary N) is 1. The molecule has 0 saturated carbocycles. The van der Waals surface area contributed by atoms with Gasteiger partial charge in [-0.05, 0) is 24.5 Å². The van der Waals surface area contributed by atoms with E-state index in [2.05, 4.69) is 20.2 Å². The van der Waals surface area contributed by atoms with Crippen molar-refractivity contribution in [2.45, 2.75) is 24.8 Å². The van der Waals surface area contributed by atoms with Crippen LogP contribution < -0.4 is 16.0 Å². The number of carbonyl (C=O) groups excluding carboxylic acids is 1. The summed E-state index contributed by atoms with van der Waals surface area (Å²) < 4.78 is 0. The first-order valence-electron chi connectivity index (χ1n) is 8.35. The maximum absolute atomic E-state index is 12.6. The number of hydrogen-bond donors (Lipinski definition) is 2. The first kappa shape index (κ1) is 22.2. The molecule has 2 unspecified atom stereocenters. The first-order valence-corrected chi connectivity index (χ1v) is 8.35. The van der Waals surface area contributed by atoms with E-state index in [-0.39, 0.29) is 42.7 Å². The number of carbonyl (C=O) groups is 1. The number of nitrogens with two attached hydrogens (primary N) is 1. The first-order chi connectivity index (χ1) is 11.8. The van der Waals surface area contributed by atoms with Crippen molar-refractivity contribution in [2.24, 2.45) is 5.73 Å². The molecule has 2 aromatic rings. The fourth-order valence-electron chi connectivity index (χ4n) is 3.11. The SMILES string of the molecule is Cl.Cl.NCC(C(=O)NC1CCCN(c2ncccn2)C1)c1ccccc1. The van der Waals surface area contributed by atoms with Crippen LogP contribution >= 0.6 is 24.8 Å². The van der Waals surface area contributed by atoms with E-state index in [1.165, 1.54) is 0 Å². The van der Waals surface area contributed by atoms with E-state index in [1.807, 2.05) is 30.3 Å². The summed E-state index contributed by atoms with van der Waals surface area (Å²) in [6.45, 7) is 1.94. The van der Waals surface area contributed by atoms with Crippen LogP contribution in [0.1, 0.15) is 24.3 Å². The third-order valence-electron chi connectivity index (χ3n) is 4.36. The third kappa shape index (κ3) is 5.56. The number of nitrogens with zero attached hydrogens (tertiary/aromatic N) is 3. The van der Waals surface area contributed by atoms with Crippen molar-refractivity contribution in [2.75, 3.05) is 24.5 Å². The van der Waals surface area contributed by atoms with E-state index in [9.17, 15) is 4.79 Å². The standard InChI is InChI=1S/C18H23N5O.2ClH/c19-12-16(14-6-2-1-3-7-14)17(24)22-15-8-4-11-23(13-15)18-20-9-5-10-21-18;;/h1-3,5-7,9-10,15-16H,4,8,11-13,19H2,(H,22,24);2*1H. The van der Waals surface area contributed by atoms with Gasteiger partial charge >= 0.3 is 0 Å². The molecule has 1 aromatic heterocycles. The summed E-state index contributed by atoms with van der Waals surface area (Å²) >= 11 is 0. The van der Waals surface area contributed by atoms with Crippen molar-refractivity contribution in [1.29, 1.82) is 0 Å². The normalized spacial score (nSPS) is 17.4. The smallest absolute Gasteiger partial charge is 0.229 e. The highest BCUT2D eigenvalue weighted by molar-refractivity contribution is 5.85. The van der Waals surface area contributed by atoms with Gasteiger partial charge in [0.15, 0.2) is 0 Å². The van der Waals surface area contributed by atoms with Crippen LogP contribution in [0.15, 0.2) is 48.8 Å². The van der Waals surface area contributed by atoms with Gasteiger partial charge < -0.3 is 16.0 Å². The zero-order chi connectivity index (χ0) is 16.8. The largest absolute Gasteiger partial charge is 0.351 e. The molecule has 1 aromatic carbocycles. The summed E-state index contributed by atoms with van der Waals surface area (Å²) in [5, 5.41) is 3.15. The molecule has 2 atom stereocenters. The van der Waals surface area contributed by atoms with Crippen molar-refractivity contribution in [3.8, 4) is 0 Å². The molecule has 0 bridgehead atoms. The zero-order valence-corrected chi connectivity index (χ0v) is 16.1. The lowest BCUT2D eigenvalue weighted by Gasteiger charge is -2.33. The van der Waals surface area contributed by atoms with Gasteiger partial charge in [0.05, 0.1) is 5.92 Å². The fourth-order valence-corrected chi connectivity index (χ4v) is 3.11. The molecule has 6 nitrogen and oxygen atoms in total. The molecule has 0 radical (unpaired) electrons. The highest BCUT2D eigenvalue weighted by Gasteiger charge is 2.26. The Bertz CT molecular complexity index is 659. The van der Waals surface area contributed by atoms with Crippen molar-refractivity contribution >= 4 is 36.7 Å². The predicted octanol–water partition coefficient (Wildman–Crippen LogP) is 2.15. The van der Waals surface area contributed by atoms with Crippen molar-refractivity contribution < 1.29 is 4.79 Å². The molecule has 0 spiro atoms. The minimum absolute atomic E-state index is 0. The van der Waals surface area contributed by atoms with Crippen molar-refractivity contribution in [1.82, 2.24) is 15.3 Å². The van der Waals surface area contributed by atoms with Gasteiger partial charge in [0.1, 0.15) is 0 Å². The molecular formula is C18H25Cl2N5O. The molecule has 0 aliphatic carbocycles. The molecular weight excluding hydrogens is 373 g/mol. The highest BCUT2D eigenvalue weighted by Crippen LogP contribution is 2.18. The van der Waals surface area contributed by atoms with Crippen LogP contribution in [0.3, 0.4) is 0 Å². The molecule has 3 N–H and O–H groups in total. The monoisotopic (exact) mass is 397 g/mol. The van der Waals surface area contributed by atoms with E-state index < -0.39 is 0 Å². The number of anilines is 1. The van der Waals surface area contributed by atoms with Gasteiger partial charge in [-0.3, -0.25) is 4.79 Å². The maximum Gasteiger partial charge on any atom is 0.229 e. The van der Waals surface area contributed by atoms with Gasteiger partial charge in [-0.15, -0.1) is 24.8 Å². The Hall–Kier alpha value is -1.89. The Kier molecular flexibility index (Phi) is 9.34. The van der Waals surface area contributed by atoms with Crippen molar-refractivity contribution in [3.05, 3.63) is 54.4 Å². The number of aromatic nitrogens is 2. The van der Waals surface area contributed by atoms with Crippen LogP contribution in [-0.4, -0.2) is 41.6 Å². The minimum atomic E-state index is -0.311. The fraction of sp³-hybridized carbons (Fsp3) is 0.389. The number of amides is 1. The second-order valence-corrected chi connectivity index (χ2v) is 6.04. The average Bonchev–Trinajstić information content (AvgIpc) is 2.64. The van der Waals surface area contributed by atoms with Crippen LogP contribution in [0.25, 0.3) is 0 Å².